The minimum absolute atomic E-state index is 0.0112. The molecule has 0 spiro atoms. The Morgan fingerprint density at radius 3 is 2.46 bits per heavy atom. The average molecular weight is 373 g/mol. The summed E-state index contributed by atoms with van der Waals surface area (Å²) in [5.41, 5.74) is 1.21. The molecule has 0 aliphatic rings. The quantitative estimate of drug-likeness (QED) is 0.725. The molecule has 2 amide bonds. The van der Waals surface area contributed by atoms with Gasteiger partial charge in [-0.2, -0.15) is 0 Å². The average Bonchev–Trinajstić information content (AvgIpc) is 3.16. The van der Waals surface area contributed by atoms with E-state index in [0.717, 1.165) is 25.9 Å². The number of anilines is 1. The third-order valence-electron chi connectivity index (χ3n) is 3.61. The van der Waals surface area contributed by atoms with Crippen LogP contribution in [0.25, 0.3) is 0 Å². The predicted molar refractivity (Wildman–Crippen MR) is 105 cm³/mol. The molecule has 1 aromatic carbocycles. The second-order valence-electron chi connectivity index (χ2n) is 5.76. The molecule has 2 aromatic rings. The topological polar surface area (TPSA) is 74.6 Å². The summed E-state index contributed by atoms with van der Waals surface area (Å²) in [5, 5.41) is 5.59. The fourth-order valence-electron chi connectivity index (χ4n) is 2.50. The van der Waals surface area contributed by atoms with Crippen LogP contribution in [0, 0.1) is 0 Å². The molecule has 0 unspecified atom stereocenters. The third kappa shape index (κ3) is 5.42. The highest BCUT2D eigenvalue weighted by atomic mass is 32.1. The Labute approximate surface area is 158 Å². The molecule has 0 fully saturated rings. The lowest BCUT2D eigenvalue weighted by Gasteiger charge is -2.21. The van der Waals surface area contributed by atoms with Crippen LogP contribution in [-0.4, -0.2) is 34.9 Å². The van der Waals surface area contributed by atoms with Gasteiger partial charge in [-0.3, -0.25) is 14.9 Å². The summed E-state index contributed by atoms with van der Waals surface area (Å²) >= 11 is 5.15. The minimum atomic E-state index is -0.434. The summed E-state index contributed by atoms with van der Waals surface area (Å²) in [6.07, 6.45) is 3.23. The molecule has 0 aliphatic carbocycles. The van der Waals surface area contributed by atoms with Crippen LogP contribution in [-0.2, 0) is 0 Å². The second-order valence-corrected chi connectivity index (χ2v) is 6.17. The maximum Gasteiger partial charge on any atom is 0.293 e. The van der Waals surface area contributed by atoms with E-state index < -0.39 is 5.91 Å². The highest BCUT2D eigenvalue weighted by Gasteiger charge is 2.15. The molecule has 0 saturated heterocycles. The van der Waals surface area contributed by atoms with Crippen LogP contribution in [0.5, 0.6) is 0 Å². The smallest absolute Gasteiger partial charge is 0.293 e. The molecule has 2 N–H and O–H groups in total. The molecule has 1 heterocycles. The first kappa shape index (κ1) is 19.7. The van der Waals surface area contributed by atoms with Crippen LogP contribution in [0.3, 0.4) is 0 Å². The molecule has 1 aromatic heterocycles. The zero-order valence-electron chi connectivity index (χ0n) is 15.0. The zero-order valence-corrected chi connectivity index (χ0v) is 15.8. The number of carbonyl (C=O) groups is 2. The number of benzene rings is 1. The number of amides is 2. The zero-order chi connectivity index (χ0) is 18.9. The van der Waals surface area contributed by atoms with Gasteiger partial charge in [0.15, 0.2) is 10.9 Å². The van der Waals surface area contributed by atoms with Crippen molar-refractivity contribution in [2.24, 2.45) is 0 Å². The van der Waals surface area contributed by atoms with Crippen molar-refractivity contribution in [1.29, 1.82) is 0 Å². The van der Waals surface area contributed by atoms with Crippen molar-refractivity contribution in [2.75, 3.05) is 18.4 Å². The maximum absolute atomic E-state index is 12.7. The highest BCUT2D eigenvalue weighted by molar-refractivity contribution is 7.80. The van der Waals surface area contributed by atoms with E-state index in [1.165, 1.54) is 6.26 Å². The molecule has 0 atom stereocenters. The number of hydrogen-bond acceptors (Lipinski definition) is 4. The largest absolute Gasteiger partial charge is 0.459 e. The Balaban J connectivity index is 2.02. The first-order valence-electron chi connectivity index (χ1n) is 8.60. The van der Waals surface area contributed by atoms with E-state index in [9.17, 15) is 9.59 Å². The van der Waals surface area contributed by atoms with E-state index in [0.29, 0.717) is 11.3 Å². The van der Waals surface area contributed by atoms with E-state index in [-0.39, 0.29) is 16.8 Å². The normalized spacial score (nSPS) is 10.2. The van der Waals surface area contributed by atoms with Gasteiger partial charge in [0.05, 0.1) is 6.26 Å². The van der Waals surface area contributed by atoms with Crippen LogP contribution in [0.4, 0.5) is 5.69 Å². The van der Waals surface area contributed by atoms with Crippen molar-refractivity contribution in [1.82, 2.24) is 10.2 Å². The highest BCUT2D eigenvalue weighted by Crippen LogP contribution is 2.14. The van der Waals surface area contributed by atoms with Crippen molar-refractivity contribution in [3.8, 4) is 0 Å². The third-order valence-corrected chi connectivity index (χ3v) is 3.82. The number of furan rings is 1. The van der Waals surface area contributed by atoms with Gasteiger partial charge in [-0.1, -0.05) is 19.9 Å². The number of hydrogen-bond donors (Lipinski definition) is 2. The van der Waals surface area contributed by atoms with E-state index >= 15 is 0 Å². The van der Waals surface area contributed by atoms with Crippen LogP contribution in [0.2, 0.25) is 0 Å². The van der Waals surface area contributed by atoms with Gasteiger partial charge in [0.2, 0.25) is 0 Å². The number of carbonyl (C=O) groups excluding carboxylic acids is 2. The molecule has 138 valence electrons. The fraction of sp³-hybridized carbons (Fsp3) is 0.316. The van der Waals surface area contributed by atoms with Crippen molar-refractivity contribution in [2.45, 2.75) is 26.7 Å². The van der Waals surface area contributed by atoms with Crippen molar-refractivity contribution >= 4 is 34.8 Å². The number of nitrogens with zero attached hydrogens (tertiary/aromatic N) is 1. The van der Waals surface area contributed by atoms with Gasteiger partial charge in [0.1, 0.15) is 0 Å². The molecule has 0 bridgehead atoms. The Kier molecular flexibility index (Phi) is 7.35. The van der Waals surface area contributed by atoms with Gasteiger partial charge in [-0.25, -0.2) is 0 Å². The minimum Gasteiger partial charge on any atom is -0.459 e. The molecule has 2 rings (SSSR count). The van der Waals surface area contributed by atoms with Crippen molar-refractivity contribution < 1.29 is 14.0 Å². The molecular formula is C19H23N3O3S. The lowest BCUT2D eigenvalue weighted by Crippen LogP contribution is -2.34. The van der Waals surface area contributed by atoms with E-state index in [1.54, 1.807) is 36.4 Å². The van der Waals surface area contributed by atoms with Crippen molar-refractivity contribution in [3.63, 3.8) is 0 Å². The maximum atomic E-state index is 12.7. The summed E-state index contributed by atoms with van der Waals surface area (Å²) in [5.74, 6) is -0.271. The van der Waals surface area contributed by atoms with E-state index in [1.807, 2.05) is 18.7 Å². The summed E-state index contributed by atoms with van der Waals surface area (Å²) < 4.78 is 5.02. The summed E-state index contributed by atoms with van der Waals surface area (Å²) in [6.45, 7) is 5.55. The summed E-state index contributed by atoms with van der Waals surface area (Å²) in [7, 11) is 0. The number of thiocarbonyl (C=S) groups is 1. The van der Waals surface area contributed by atoms with Crippen molar-refractivity contribution in [3.05, 3.63) is 54.0 Å². The lowest BCUT2D eigenvalue weighted by molar-refractivity contribution is 0.0755. The predicted octanol–water partition coefficient (Wildman–Crippen LogP) is 3.67. The fourth-order valence-corrected chi connectivity index (χ4v) is 2.71. The Morgan fingerprint density at radius 2 is 1.85 bits per heavy atom. The molecular weight excluding hydrogens is 350 g/mol. The SMILES string of the molecule is CCCN(CCC)C(=O)c1cccc(NC(=S)NC(=O)c2ccco2)c1. The van der Waals surface area contributed by atoms with Crippen LogP contribution < -0.4 is 10.6 Å². The lowest BCUT2D eigenvalue weighted by atomic mass is 10.1. The van der Waals surface area contributed by atoms with Gasteiger partial charge in [0, 0.05) is 24.3 Å². The Morgan fingerprint density at radius 1 is 1.12 bits per heavy atom. The monoisotopic (exact) mass is 373 g/mol. The Bertz CT molecular complexity index is 753. The number of rotatable bonds is 7. The number of nitrogens with one attached hydrogen (secondary N) is 2. The molecule has 0 radical (unpaired) electrons. The van der Waals surface area contributed by atoms with Gasteiger partial charge in [-0.05, 0) is 55.4 Å². The van der Waals surface area contributed by atoms with Gasteiger partial charge in [-0.15, -0.1) is 0 Å². The first-order valence-corrected chi connectivity index (χ1v) is 9.01. The Hall–Kier alpha value is -2.67. The first-order chi connectivity index (χ1) is 12.5. The molecule has 6 nitrogen and oxygen atoms in total. The standard InChI is InChI=1S/C19H23N3O3S/c1-3-10-22(11-4-2)18(24)14-7-5-8-15(13-14)20-19(26)21-17(23)16-9-6-12-25-16/h5-9,12-13H,3-4,10-11H2,1-2H3,(H2,20,21,23,26). The molecule has 0 saturated carbocycles. The van der Waals surface area contributed by atoms with Gasteiger partial charge in [0.25, 0.3) is 11.8 Å². The van der Waals surface area contributed by atoms with Crippen LogP contribution in [0.1, 0.15) is 47.6 Å². The van der Waals surface area contributed by atoms with Crippen LogP contribution >= 0.6 is 12.2 Å². The van der Waals surface area contributed by atoms with E-state index in [4.69, 9.17) is 16.6 Å². The molecule has 0 aliphatic heterocycles. The van der Waals surface area contributed by atoms with Crippen LogP contribution in [0.15, 0.2) is 47.1 Å². The van der Waals surface area contributed by atoms with Gasteiger partial charge < -0.3 is 14.6 Å². The van der Waals surface area contributed by atoms with Gasteiger partial charge >= 0.3 is 0 Å². The van der Waals surface area contributed by atoms with E-state index in [2.05, 4.69) is 10.6 Å². The second kappa shape index (κ2) is 9.72. The summed E-state index contributed by atoms with van der Waals surface area (Å²) in [6, 6.07) is 10.2. The molecule has 7 heteroatoms. The summed E-state index contributed by atoms with van der Waals surface area (Å²) in [4.78, 5) is 26.4. The molecule has 26 heavy (non-hydrogen) atoms.